The highest BCUT2D eigenvalue weighted by atomic mass is 19.1. The lowest BCUT2D eigenvalue weighted by Crippen LogP contribution is -2.32. The van der Waals surface area contributed by atoms with Gasteiger partial charge in [-0.05, 0) is 57.6 Å². The van der Waals surface area contributed by atoms with E-state index in [-0.39, 0.29) is 24.3 Å². The summed E-state index contributed by atoms with van der Waals surface area (Å²) in [5.74, 6) is 0.842. The van der Waals surface area contributed by atoms with Crippen LogP contribution >= 0.6 is 0 Å². The summed E-state index contributed by atoms with van der Waals surface area (Å²) in [6, 6.07) is 11.6. The van der Waals surface area contributed by atoms with Gasteiger partial charge in [-0.1, -0.05) is 12.1 Å². The number of rotatable bonds is 9. The number of hydrogen-bond donors (Lipinski definition) is 1. The van der Waals surface area contributed by atoms with Gasteiger partial charge in [-0.15, -0.1) is 0 Å². The Labute approximate surface area is 160 Å². The molecule has 2 aromatic rings. The van der Waals surface area contributed by atoms with Crippen LogP contribution in [0.25, 0.3) is 0 Å². The van der Waals surface area contributed by atoms with E-state index in [1.807, 2.05) is 32.7 Å². The van der Waals surface area contributed by atoms with Crippen molar-refractivity contribution in [3.8, 4) is 11.5 Å². The lowest BCUT2D eigenvalue weighted by atomic mass is 10.1. The zero-order valence-corrected chi connectivity index (χ0v) is 16.3. The molecule has 27 heavy (non-hydrogen) atoms. The Bertz CT molecular complexity index is 750. The first-order valence-electron chi connectivity index (χ1n) is 9.09. The van der Waals surface area contributed by atoms with E-state index in [4.69, 9.17) is 9.47 Å². The first-order valence-corrected chi connectivity index (χ1v) is 9.09. The van der Waals surface area contributed by atoms with E-state index in [9.17, 15) is 9.18 Å². The summed E-state index contributed by atoms with van der Waals surface area (Å²) in [5, 5.41) is 2.88. The molecular weight excluding hydrogens is 347 g/mol. The predicted octanol–water partition coefficient (Wildman–Crippen LogP) is 4.25. The molecule has 0 spiro atoms. The van der Waals surface area contributed by atoms with Gasteiger partial charge in [0.25, 0.3) is 0 Å². The van der Waals surface area contributed by atoms with Crippen molar-refractivity contribution >= 4 is 11.6 Å². The number of hydrogen-bond acceptors (Lipinski definition) is 4. The highest BCUT2D eigenvalue weighted by Gasteiger charge is 2.16. The lowest BCUT2D eigenvalue weighted by molar-refractivity contribution is -0.117. The molecule has 0 bridgehead atoms. The Balaban J connectivity index is 1.99. The SMILES string of the molecule is CCOc1ccc(NC(=O)CN(C)[C@H](C)c2ccc(F)cc2)cc1OCC. The zero-order chi connectivity index (χ0) is 19.8. The fourth-order valence-electron chi connectivity index (χ4n) is 2.69. The third-order valence-corrected chi connectivity index (χ3v) is 4.23. The molecule has 0 aliphatic carbocycles. The molecule has 6 heteroatoms. The van der Waals surface area contributed by atoms with Crippen LogP contribution in [0.2, 0.25) is 0 Å². The van der Waals surface area contributed by atoms with Crippen LogP contribution in [0, 0.1) is 5.82 Å². The van der Waals surface area contributed by atoms with Gasteiger partial charge in [0.15, 0.2) is 11.5 Å². The van der Waals surface area contributed by atoms with Gasteiger partial charge in [-0.25, -0.2) is 4.39 Å². The predicted molar refractivity (Wildman–Crippen MR) is 105 cm³/mol. The summed E-state index contributed by atoms with van der Waals surface area (Å²) in [4.78, 5) is 14.3. The van der Waals surface area contributed by atoms with Crippen LogP contribution < -0.4 is 14.8 Å². The molecule has 0 saturated heterocycles. The molecule has 2 rings (SSSR count). The molecule has 146 valence electrons. The van der Waals surface area contributed by atoms with Crippen LogP contribution in [0.1, 0.15) is 32.4 Å². The van der Waals surface area contributed by atoms with Crippen molar-refractivity contribution in [2.45, 2.75) is 26.8 Å². The van der Waals surface area contributed by atoms with Crippen molar-refractivity contribution in [3.05, 3.63) is 53.8 Å². The van der Waals surface area contributed by atoms with E-state index in [0.717, 1.165) is 5.56 Å². The lowest BCUT2D eigenvalue weighted by Gasteiger charge is -2.24. The molecule has 0 radical (unpaired) electrons. The second-order valence-corrected chi connectivity index (χ2v) is 6.22. The maximum Gasteiger partial charge on any atom is 0.238 e. The highest BCUT2D eigenvalue weighted by Crippen LogP contribution is 2.30. The number of likely N-dealkylation sites (N-methyl/N-ethyl adjacent to an activating group) is 1. The normalized spacial score (nSPS) is 11.9. The quantitative estimate of drug-likeness (QED) is 0.713. The fourth-order valence-corrected chi connectivity index (χ4v) is 2.69. The van der Waals surface area contributed by atoms with Crippen LogP contribution in [0.5, 0.6) is 11.5 Å². The van der Waals surface area contributed by atoms with Crippen molar-refractivity contribution < 1.29 is 18.7 Å². The third kappa shape index (κ3) is 5.96. The summed E-state index contributed by atoms with van der Waals surface area (Å²) in [5.41, 5.74) is 1.60. The van der Waals surface area contributed by atoms with E-state index in [1.54, 1.807) is 30.3 Å². The number of nitrogens with one attached hydrogen (secondary N) is 1. The van der Waals surface area contributed by atoms with Crippen LogP contribution in [0.15, 0.2) is 42.5 Å². The van der Waals surface area contributed by atoms with E-state index >= 15 is 0 Å². The van der Waals surface area contributed by atoms with E-state index in [0.29, 0.717) is 30.4 Å². The molecule has 1 amide bonds. The summed E-state index contributed by atoms with van der Waals surface area (Å²) in [6.45, 7) is 7.03. The Hall–Kier alpha value is -2.60. The molecule has 1 atom stereocenters. The minimum atomic E-state index is -0.271. The van der Waals surface area contributed by atoms with Crippen molar-refractivity contribution in [2.24, 2.45) is 0 Å². The summed E-state index contributed by atoms with van der Waals surface area (Å²) >= 11 is 0. The molecule has 0 fully saturated rings. The fraction of sp³-hybridized carbons (Fsp3) is 0.381. The molecule has 0 aliphatic rings. The standard InChI is InChI=1S/C21H27FN2O3/c1-5-26-19-12-11-18(13-20(19)27-6-2)23-21(25)14-24(4)15(3)16-7-9-17(22)10-8-16/h7-13,15H,5-6,14H2,1-4H3,(H,23,25)/t15-/m1/s1. The maximum absolute atomic E-state index is 13.1. The van der Waals surface area contributed by atoms with Crippen molar-refractivity contribution in [1.29, 1.82) is 0 Å². The molecule has 0 heterocycles. The van der Waals surface area contributed by atoms with Crippen molar-refractivity contribution in [2.75, 3.05) is 32.1 Å². The molecule has 2 aromatic carbocycles. The molecule has 0 saturated carbocycles. The van der Waals surface area contributed by atoms with Crippen LogP contribution in [-0.4, -0.2) is 37.6 Å². The van der Waals surface area contributed by atoms with Crippen molar-refractivity contribution in [1.82, 2.24) is 4.90 Å². The molecule has 0 unspecified atom stereocenters. The van der Waals surface area contributed by atoms with Gasteiger partial charge in [-0.2, -0.15) is 0 Å². The zero-order valence-electron chi connectivity index (χ0n) is 16.3. The number of carbonyl (C=O) groups excluding carboxylic acids is 1. The minimum absolute atomic E-state index is 0.0179. The van der Waals surface area contributed by atoms with Gasteiger partial charge in [0.05, 0.1) is 19.8 Å². The number of carbonyl (C=O) groups is 1. The Morgan fingerprint density at radius 1 is 1.07 bits per heavy atom. The maximum atomic E-state index is 13.1. The largest absolute Gasteiger partial charge is 0.490 e. The van der Waals surface area contributed by atoms with Gasteiger partial charge in [0, 0.05) is 17.8 Å². The number of amides is 1. The van der Waals surface area contributed by atoms with Gasteiger partial charge in [0.2, 0.25) is 5.91 Å². The van der Waals surface area contributed by atoms with Gasteiger partial charge in [-0.3, -0.25) is 9.69 Å². The number of benzene rings is 2. The van der Waals surface area contributed by atoms with Gasteiger partial charge >= 0.3 is 0 Å². The molecule has 0 aliphatic heterocycles. The molecule has 0 aromatic heterocycles. The first kappa shape index (κ1) is 20.7. The third-order valence-electron chi connectivity index (χ3n) is 4.23. The van der Waals surface area contributed by atoms with Gasteiger partial charge < -0.3 is 14.8 Å². The van der Waals surface area contributed by atoms with E-state index in [1.165, 1.54) is 12.1 Å². The van der Waals surface area contributed by atoms with Crippen LogP contribution in [-0.2, 0) is 4.79 Å². The van der Waals surface area contributed by atoms with Crippen molar-refractivity contribution in [3.63, 3.8) is 0 Å². The molecule has 5 nitrogen and oxygen atoms in total. The van der Waals surface area contributed by atoms with Crippen LogP contribution in [0.3, 0.4) is 0 Å². The first-order chi connectivity index (χ1) is 12.9. The molecular formula is C21H27FN2O3. The van der Waals surface area contributed by atoms with E-state index in [2.05, 4.69) is 5.32 Å². The monoisotopic (exact) mass is 374 g/mol. The summed E-state index contributed by atoms with van der Waals surface area (Å²) in [7, 11) is 1.86. The average Bonchev–Trinajstić information content (AvgIpc) is 2.64. The van der Waals surface area contributed by atoms with E-state index < -0.39 is 0 Å². The second kappa shape index (κ2) is 9.92. The smallest absolute Gasteiger partial charge is 0.238 e. The number of ether oxygens (including phenoxy) is 2. The summed E-state index contributed by atoms with van der Waals surface area (Å²) in [6.07, 6.45) is 0. The second-order valence-electron chi connectivity index (χ2n) is 6.22. The number of nitrogens with zero attached hydrogens (tertiary/aromatic N) is 1. The van der Waals surface area contributed by atoms with Crippen LogP contribution in [0.4, 0.5) is 10.1 Å². The average molecular weight is 374 g/mol. The number of anilines is 1. The molecule has 1 N–H and O–H groups in total. The Morgan fingerprint density at radius 2 is 1.70 bits per heavy atom. The Morgan fingerprint density at radius 3 is 2.33 bits per heavy atom. The number of halogens is 1. The summed E-state index contributed by atoms with van der Waals surface area (Å²) < 4.78 is 24.2. The minimum Gasteiger partial charge on any atom is -0.490 e. The highest BCUT2D eigenvalue weighted by molar-refractivity contribution is 5.92. The Kier molecular flexibility index (Phi) is 7.61. The van der Waals surface area contributed by atoms with Gasteiger partial charge in [0.1, 0.15) is 5.82 Å². The topological polar surface area (TPSA) is 50.8 Å².